The summed E-state index contributed by atoms with van der Waals surface area (Å²) >= 11 is 0. The highest BCUT2D eigenvalue weighted by Crippen LogP contribution is 2.36. The number of nitrogens with two attached hydrogens (primary N) is 1. The monoisotopic (exact) mass is 364 g/mol. The zero-order chi connectivity index (χ0) is 18.7. The molecule has 138 valence electrons. The lowest BCUT2D eigenvalue weighted by Crippen LogP contribution is -2.36. The van der Waals surface area contributed by atoms with E-state index in [1.54, 1.807) is 24.3 Å². The number of rotatable bonds is 4. The Balaban J connectivity index is 2.01. The lowest BCUT2D eigenvalue weighted by atomic mass is 9.95. The number of hydrogen-bond donors (Lipinski definition) is 1. The number of benzene rings is 2. The van der Waals surface area contributed by atoms with Crippen LogP contribution in [0, 0.1) is 0 Å². The Labute approximate surface area is 149 Å². The molecule has 1 fully saturated rings. The van der Waals surface area contributed by atoms with Crippen LogP contribution in [0.2, 0.25) is 0 Å². The Bertz CT molecular complexity index is 800. The highest BCUT2D eigenvalue weighted by Gasteiger charge is 2.34. The second-order valence-electron chi connectivity index (χ2n) is 6.17. The number of hydrogen-bond acceptors (Lipinski definition) is 3. The molecule has 1 amide bonds. The number of halogens is 3. The normalized spacial score (nSPS) is 15.8. The van der Waals surface area contributed by atoms with Gasteiger partial charge in [-0.05, 0) is 28.8 Å². The summed E-state index contributed by atoms with van der Waals surface area (Å²) in [5, 5.41) is 0. The van der Waals surface area contributed by atoms with E-state index < -0.39 is 17.6 Å². The first kappa shape index (κ1) is 18.4. The van der Waals surface area contributed by atoms with Gasteiger partial charge < -0.3 is 10.5 Å². The summed E-state index contributed by atoms with van der Waals surface area (Å²) in [6, 6.07) is 10.6. The maximum atomic E-state index is 13.6. The van der Waals surface area contributed by atoms with E-state index >= 15 is 0 Å². The van der Waals surface area contributed by atoms with Crippen LogP contribution >= 0.6 is 0 Å². The molecule has 2 N–H and O–H groups in total. The number of morpholine rings is 1. The SMILES string of the molecule is NC(=O)c1ccccc1-c1ccc(CN2CCOCC2)c(C(F)(F)F)c1. The predicted molar refractivity (Wildman–Crippen MR) is 91.5 cm³/mol. The quantitative estimate of drug-likeness (QED) is 0.906. The summed E-state index contributed by atoms with van der Waals surface area (Å²) in [6.45, 7) is 2.44. The molecule has 1 aliphatic rings. The maximum absolute atomic E-state index is 13.6. The fraction of sp³-hybridized carbons (Fsp3) is 0.316. The third-order valence-corrected chi connectivity index (χ3v) is 4.42. The van der Waals surface area contributed by atoms with Gasteiger partial charge in [-0.2, -0.15) is 13.2 Å². The zero-order valence-electron chi connectivity index (χ0n) is 14.1. The average molecular weight is 364 g/mol. The van der Waals surface area contributed by atoms with Crippen molar-refractivity contribution in [3.63, 3.8) is 0 Å². The van der Waals surface area contributed by atoms with Gasteiger partial charge in [-0.3, -0.25) is 9.69 Å². The maximum Gasteiger partial charge on any atom is 0.416 e. The smallest absolute Gasteiger partial charge is 0.379 e. The molecule has 0 radical (unpaired) electrons. The van der Waals surface area contributed by atoms with E-state index in [1.165, 1.54) is 12.1 Å². The third-order valence-electron chi connectivity index (χ3n) is 4.42. The number of alkyl halides is 3. The van der Waals surface area contributed by atoms with Crippen LogP contribution in [0.3, 0.4) is 0 Å². The zero-order valence-corrected chi connectivity index (χ0v) is 14.1. The van der Waals surface area contributed by atoms with Gasteiger partial charge in [0.25, 0.3) is 0 Å². The minimum atomic E-state index is -4.49. The number of amides is 1. The summed E-state index contributed by atoms with van der Waals surface area (Å²) < 4.78 is 46.1. The Morgan fingerprint density at radius 3 is 2.46 bits per heavy atom. The van der Waals surface area contributed by atoms with Crippen molar-refractivity contribution < 1.29 is 22.7 Å². The molecule has 0 unspecified atom stereocenters. The summed E-state index contributed by atoms with van der Waals surface area (Å²) in [4.78, 5) is 13.5. The van der Waals surface area contributed by atoms with Crippen LogP contribution in [0.5, 0.6) is 0 Å². The topological polar surface area (TPSA) is 55.6 Å². The molecule has 0 aliphatic carbocycles. The van der Waals surface area contributed by atoms with Gasteiger partial charge in [0, 0.05) is 25.2 Å². The molecule has 3 rings (SSSR count). The molecule has 0 aromatic heterocycles. The number of ether oxygens (including phenoxy) is 1. The number of nitrogens with zero attached hydrogens (tertiary/aromatic N) is 1. The molecule has 2 aromatic carbocycles. The molecule has 0 spiro atoms. The summed E-state index contributed by atoms with van der Waals surface area (Å²) in [5.74, 6) is -0.674. The van der Waals surface area contributed by atoms with Crippen molar-refractivity contribution in [2.75, 3.05) is 26.3 Å². The first-order chi connectivity index (χ1) is 12.4. The average Bonchev–Trinajstić information content (AvgIpc) is 2.62. The Morgan fingerprint density at radius 2 is 1.81 bits per heavy atom. The standard InChI is InChI=1S/C19H19F3N2O2/c20-19(21,22)17-11-13(15-3-1-2-4-16(15)18(23)25)5-6-14(17)12-24-7-9-26-10-8-24/h1-6,11H,7-10,12H2,(H2,23,25). The predicted octanol–water partition coefficient (Wildman–Crippen LogP) is 3.30. The van der Waals surface area contributed by atoms with E-state index in [2.05, 4.69) is 0 Å². The van der Waals surface area contributed by atoms with E-state index in [1.807, 2.05) is 4.90 Å². The van der Waals surface area contributed by atoms with Gasteiger partial charge in [-0.1, -0.05) is 30.3 Å². The van der Waals surface area contributed by atoms with Crippen molar-refractivity contribution in [3.05, 3.63) is 59.2 Å². The number of primary amides is 1. The molecule has 4 nitrogen and oxygen atoms in total. The molecular weight excluding hydrogens is 345 g/mol. The van der Waals surface area contributed by atoms with E-state index in [0.717, 1.165) is 6.07 Å². The van der Waals surface area contributed by atoms with Gasteiger partial charge in [0.15, 0.2) is 0 Å². The van der Waals surface area contributed by atoms with Crippen LogP contribution in [0.25, 0.3) is 11.1 Å². The molecule has 0 atom stereocenters. The summed E-state index contributed by atoms with van der Waals surface area (Å²) in [6.07, 6.45) is -4.49. The summed E-state index contributed by atoms with van der Waals surface area (Å²) in [5.41, 5.74) is 5.77. The fourth-order valence-corrected chi connectivity index (χ4v) is 3.10. The largest absolute Gasteiger partial charge is 0.416 e. The van der Waals surface area contributed by atoms with E-state index in [4.69, 9.17) is 10.5 Å². The highest BCUT2D eigenvalue weighted by molar-refractivity contribution is 5.99. The van der Waals surface area contributed by atoms with Crippen molar-refractivity contribution in [1.29, 1.82) is 0 Å². The molecule has 26 heavy (non-hydrogen) atoms. The first-order valence-electron chi connectivity index (χ1n) is 8.25. The van der Waals surface area contributed by atoms with Gasteiger partial charge >= 0.3 is 6.18 Å². The number of carbonyl (C=O) groups excluding carboxylic acids is 1. The third kappa shape index (κ3) is 4.05. The molecule has 1 heterocycles. The van der Waals surface area contributed by atoms with Crippen LogP contribution in [0.1, 0.15) is 21.5 Å². The van der Waals surface area contributed by atoms with Gasteiger partial charge in [0.05, 0.1) is 18.8 Å². The molecule has 2 aromatic rings. The van der Waals surface area contributed by atoms with Gasteiger partial charge in [-0.25, -0.2) is 0 Å². The van der Waals surface area contributed by atoms with Gasteiger partial charge in [0.1, 0.15) is 0 Å². The Kier molecular flexibility index (Phi) is 5.29. The molecule has 1 saturated heterocycles. The second kappa shape index (κ2) is 7.47. The van der Waals surface area contributed by atoms with Crippen molar-refractivity contribution in [1.82, 2.24) is 4.90 Å². The van der Waals surface area contributed by atoms with Crippen molar-refractivity contribution in [3.8, 4) is 11.1 Å². The van der Waals surface area contributed by atoms with Crippen LogP contribution in [-0.2, 0) is 17.5 Å². The molecular formula is C19H19F3N2O2. The van der Waals surface area contributed by atoms with Gasteiger partial charge in [0.2, 0.25) is 5.91 Å². The first-order valence-corrected chi connectivity index (χ1v) is 8.25. The van der Waals surface area contributed by atoms with Crippen molar-refractivity contribution >= 4 is 5.91 Å². The molecule has 0 saturated carbocycles. The van der Waals surface area contributed by atoms with Crippen LogP contribution in [-0.4, -0.2) is 37.1 Å². The van der Waals surface area contributed by atoms with Crippen LogP contribution in [0.15, 0.2) is 42.5 Å². The van der Waals surface area contributed by atoms with E-state index in [0.29, 0.717) is 37.4 Å². The van der Waals surface area contributed by atoms with Crippen LogP contribution in [0.4, 0.5) is 13.2 Å². The van der Waals surface area contributed by atoms with Crippen molar-refractivity contribution in [2.24, 2.45) is 5.73 Å². The Hall–Kier alpha value is -2.38. The minimum absolute atomic E-state index is 0.196. The van der Waals surface area contributed by atoms with Gasteiger partial charge in [-0.15, -0.1) is 0 Å². The van der Waals surface area contributed by atoms with Crippen LogP contribution < -0.4 is 5.73 Å². The fourth-order valence-electron chi connectivity index (χ4n) is 3.10. The van der Waals surface area contributed by atoms with E-state index in [9.17, 15) is 18.0 Å². The molecule has 0 bridgehead atoms. The van der Waals surface area contributed by atoms with E-state index in [-0.39, 0.29) is 17.7 Å². The lowest BCUT2D eigenvalue weighted by molar-refractivity contribution is -0.138. The number of carbonyl (C=O) groups is 1. The second-order valence-corrected chi connectivity index (χ2v) is 6.17. The lowest BCUT2D eigenvalue weighted by Gasteiger charge is -2.28. The Morgan fingerprint density at radius 1 is 1.12 bits per heavy atom. The minimum Gasteiger partial charge on any atom is -0.379 e. The summed E-state index contributed by atoms with van der Waals surface area (Å²) in [7, 11) is 0. The highest BCUT2D eigenvalue weighted by atomic mass is 19.4. The van der Waals surface area contributed by atoms with Crippen molar-refractivity contribution in [2.45, 2.75) is 12.7 Å². The molecule has 1 aliphatic heterocycles. The molecule has 7 heteroatoms.